The third-order valence-corrected chi connectivity index (χ3v) is 4.80. The molecule has 7 heteroatoms. The summed E-state index contributed by atoms with van der Waals surface area (Å²) in [4.78, 5) is 12.6. The summed E-state index contributed by atoms with van der Waals surface area (Å²) in [5.41, 5.74) is 1.70. The van der Waals surface area contributed by atoms with Gasteiger partial charge >= 0.3 is 0 Å². The number of carbonyl (C=O) groups is 1. The van der Waals surface area contributed by atoms with Crippen molar-refractivity contribution in [2.24, 2.45) is 0 Å². The van der Waals surface area contributed by atoms with Crippen molar-refractivity contribution in [3.63, 3.8) is 0 Å². The van der Waals surface area contributed by atoms with E-state index in [1.165, 1.54) is 6.08 Å². The summed E-state index contributed by atoms with van der Waals surface area (Å²) in [5, 5.41) is 12.7. The monoisotopic (exact) mass is 444 g/mol. The van der Waals surface area contributed by atoms with Crippen LogP contribution in [-0.2, 0) is 11.2 Å². The Morgan fingerprint density at radius 1 is 1.23 bits per heavy atom. The predicted molar refractivity (Wildman–Crippen MR) is 121 cm³/mol. The molecule has 0 spiro atoms. The van der Waals surface area contributed by atoms with Crippen LogP contribution in [0.3, 0.4) is 0 Å². The molecule has 1 amide bonds. The van der Waals surface area contributed by atoms with Crippen molar-refractivity contribution < 1.29 is 14.3 Å². The molecule has 0 unspecified atom stereocenters. The summed E-state index contributed by atoms with van der Waals surface area (Å²) < 4.78 is 11.5. The molecule has 0 saturated heterocycles. The molecule has 156 valence electrons. The number of nitriles is 1. The maximum Gasteiger partial charge on any atom is 0.266 e. The average Bonchev–Trinajstić information content (AvgIpc) is 2.72. The highest BCUT2D eigenvalue weighted by Crippen LogP contribution is 2.35. The van der Waals surface area contributed by atoms with Crippen LogP contribution in [0.25, 0.3) is 6.08 Å². The molecule has 2 aromatic rings. The Labute approximate surface area is 186 Å². The van der Waals surface area contributed by atoms with Crippen LogP contribution in [0.4, 0.5) is 5.69 Å². The van der Waals surface area contributed by atoms with E-state index in [0.29, 0.717) is 47.4 Å². The van der Waals surface area contributed by atoms with Crippen LogP contribution >= 0.6 is 23.2 Å². The van der Waals surface area contributed by atoms with Crippen molar-refractivity contribution in [3.05, 3.63) is 69.7 Å². The first-order valence-electron chi connectivity index (χ1n) is 9.35. The number of benzene rings is 2. The molecule has 0 aliphatic carbocycles. The average molecular weight is 445 g/mol. The Morgan fingerprint density at radius 3 is 2.60 bits per heavy atom. The van der Waals surface area contributed by atoms with Crippen LogP contribution in [-0.4, -0.2) is 19.1 Å². The van der Waals surface area contributed by atoms with E-state index in [0.717, 1.165) is 5.56 Å². The Hall–Kier alpha value is -2.94. The second-order valence-corrected chi connectivity index (χ2v) is 6.88. The fourth-order valence-electron chi connectivity index (χ4n) is 2.75. The number of amides is 1. The number of carbonyl (C=O) groups excluding carboxylic acids is 1. The van der Waals surface area contributed by atoms with E-state index in [2.05, 4.69) is 11.9 Å². The zero-order valence-corrected chi connectivity index (χ0v) is 18.3. The van der Waals surface area contributed by atoms with Gasteiger partial charge in [0.25, 0.3) is 5.91 Å². The zero-order valence-electron chi connectivity index (χ0n) is 16.8. The number of allylic oxidation sites excluding steroid dienone is 1. The van der Waals surface area contributed by atoms with Crippen molar-refractivity contribution in [3.8, 4) is 17.6 Å². The van der Waals surface area contributed by atoms with Crippen LogP contribution in [0.5, 0.6) is 11.5 Å². The maximum absolute atomic E-state index is 12.6. The molecule has 0 atom stereocenters. The fraction of sp³-hybridized carbons (Fsp3) is 0.217. The SMILES string of the molecule is C=CCc1cc(/C=C(/C#N)C(=O)Nc2cccc(Cl)c2Cl)cc(OCC)c1OCC. The van der Waals surface area contributed by atoms with E-state index in [4.69, 9.17) is 32.7 Å². The first-order chi connectivity index (χ1) is 14.4. The zero-order chi connectivity index (χ0) is 22.1. The molecule has 0 aliphatic rings. The van der Waals surface area contributed by atoms with E-state index in [1.54, 1.807) is 30.3 Å². The normalized spacial score (nSPS) is 10.8. The highest BCUT2D eigenvalue weighted by molar-refractivity contribution is 6.44. The first kappa shape index (κ1) is 23.3. The Bertz CT molecular complexity index is 1010. The van der Waals surface area contributed by atoms with Gasteiger partial charge in [-0.05, 0) is 56.2 Å². The summed E-state index contributed by atoms with van der Waals surface area (Å²) in [6.07, 6.45) is 3.78. The van der Waals surface area contributed by atoms with E-state index in [1.807, 2.05) is 26.0 Å². The topological polar surface area (TPSA) is 71.4 Å². The number of ether oxygens (including phenoxy) is 2. The lowest BCUT2D eigenvalue weighted by atomic mass is 10.0. The Kier molecular flexibility index (Phi) is 8.79. The summed E-state index contributed by atoms with van der Waals surface area (Å²) in [6, 6.07) is 10.4. The standard InChI is InChI=1S/C23H22Cl2N2O3/c1-4-8-16-11-15(13-20(29-5-2)22(16)30-6-3)12-17(14-26)23(28)27-19-10-7-9-18(24)21(19)25/h4,7,9-13H,1,5-6,8H2,2-3H3,(H,27,28)/b17-12-. The van der Waals surface area contributed by atoms with Crippen LogP contribution < -0.4 is 14.8 Å². The largest absolute Gasteiger partial charge is 0.490 e. The molecule has 0 heterocycles. The van der Waals surface area contributed by atoms with Gasteiger partial charge in [0.2, 0.25) is 0 Å². The predicted octanol–water partition coefficient (Wildman–Crippen LogP) is 6.06. The highest BCUT2D eigenvalue weighted by atomic mass is 35.5. The minimum atomic E-state index is -0.598. The van der Waals surface area contributed by atoms with Gasteiger partial charge in [-0.3, -0.25) is 4.79 Å². The van der Waals surface area contributed by atoms with E-state index < -0.39 is 5.91 Å². The van der Waals surface area contributed by atoms with Crippen LogP contribution in [0.15, 0.2) is 48.6 Å². The quantitative estimate of drug-likeness (QED) is 0.289. The van der Waals surface area contributed by atoms with Crippen LogP contribution in [0.1, 0.15) is 25.0 Å². The Balaban J connectivity index is 2.44. The van der Waals surface area contributed by atoms with Gasteiger partial charge in [-0.1, -0.05) is 35.3 Å². The van der Waals surface area contributed by atoms with Gasteiger partial charge in [-0.25, -0.2) is 0 Å². The molecule has 5 nitrogen and oxygen atoms in total. The first-order valence-corrected chi connectivity index (χ1v) is 10.1. The molecule has 1 N–H and O–H groups in total. The fourth-order valence-corrected chi connectivity index (χ4v) is 3.10. The van der Waals surface area contributed by atoms with Gasteiger partial charge in [-0.15, -0.1) is 6.58 Å². The van der Waals surface area contributed by atoms with Crippen molar-refractivity contribution in [2.75, 3.05) is 18.5 Å². The van der Waals surface area contributed by atoms with Crippen LogP contribution in [0.2, 0.25) is 10.0 Å². The van der Waals surface area contributed by atoms with E-state index in [-0.39, 0.29) is 10.6 Å². The molecule has 0 bridgehead atoms. The third kappa shape index (κ3) is 5.79. The Morgan fingerprint density at radius 2 is 1.97 bits per heavy atom. The van der Waals surface area contributed by atoms with Gasteiger partial charge in [0, 0.05) is 5.56 Å². The van der Waals surface area contributed by atoms with E-state index in [9.17, 15) is 10.1 Å². The third-order valence-electron chi connectivity index (χ3n) is 3.98. The summed E-state index contributed by atoms with van der Waals surface area (Å²) >= 11 is 12.1. The molecule has 0 fully saturated rings. The molecule has 30 heavy (non-hydrogen) atoms. The number of rotatable bonds is 9. The molecular formula is C23H22Cl2N2O3. The van der Waals surface area contributed by atoms with Gasteiger partial charge in [0.15, 0.2) is 11.5 Å². The number of anilines is 1. The van der Waals surface area contributed by atoms with Crippen molar-refractivity contribution >= 4 is 40.9 Å². The highest BCUT2D eigenvalue weighted by Gasteiger charge is 2.16. The number of hydrogen-bond donors (Lipinski definition) is 1. The number of halogens is 2. The molecule has 2 rings (SSSR count). The summed E-state index contributed by atoms with van der Waals surface area (Å²) in [7, 11) is 0. The number of nitrogens with zero attached hydrogens (tertiary/aromatic N) is 1. The lowest BCUT2D eigenvalue weighted by molar-refractivity contribution is -0.112. The minimum Gasteiger partial charge on any atom is -0.490 e. The minimum absolute atomic E-state index is 0.0952. The lowest BCUT2D eigenvalue weighted by Crippen LogP contribution is -2.13. The molecule has 0 aromatic heterocycles. The smallest absolute Gasteiger partial charge is 0.266 e. The van der Waals surface area contributed by atoms with Gasteiger partial charge in [0.05, 0.1) is 28.9 Å². The summed E-state index contributed by atoms with van der Waals surface area (Å²) in [5.74, 6) is 0.574. The van der Waals surface area contributed by atoms with Crippen LogP contribution in [0, 0.1) is 11.3 Å². The van der Waals surface area contributed by atoms with Gasteiger partial charge in [0.1, 0.15) is 11.6 Å². The van der Waals surface area contributed by atoms with E-state index >= 15 is 0 Å². The molecular weight excluding hydrogens is 423 g/mol. The van der Waals surface area contributed by atoms with Gasteiger partial charge < -0.3 is 14.8 Å². The number of nitrogens with one attached hydrogen (secondary N) is 1. The van der Waals surface area contributed by atoms with Crippen molar-refractivity contribution in [2.45, 2.75) is 20.3 Å². The second-order valence-electron chi connectivity index (χ2n) is 6.09. The maximum atomic E-state index is 12.6. The van der Waals surface area contributed by atoms with Crippen molar-refractivity contribution in [1.29, 1.82) is 5.26 Å². The molecule has 0 aliphatic heterocycles. The lowest BCUT2D eigenvalue weighted by Gasteiger charge is -2.16. The van der Waals surface area contributed by atoms with Crippen molar-refractivity contribution in [1.82, 2.24) is 0 Å². The molecule has 0 radical (unpaired) electrons. The number of hydrogen-bond acceptors (Lipinski definition) is 4. The molecule has 0 saturated carbocycles. The second kappa shape index (κ2) is 11.3. The summed E-state index contributed by atoms with van der Waals surface area (Å²) in [6.45, 7) is 8.46. The molecule has 2 aromatic carbocycles. The van der Waals surface area contributed by atoms with Gasteiger partial charge in [-0.2, -0.15) is 5.26 Å².